The topological polar surface area (TPSA) is 92.5 Å². The first kappa shape index (κ1) is 20.5. The SMILES string of the molecule is Cc1cc(C)c(NC(=O)C2CCN(S(=O)(=O)c3c(C)noc3C)CC2)c(C)c1. The number of amides is 1. The summed E-state index contributed by atoms with van der Waals surface area (Å²) in [5.74, 6) is 0.0309. The fourth-order valence-electron chi connectivity index (χ4n) is 3.93. The maximum absolute atomic E-state index is 12.9. The predicted molar refractivity (Wildman–Crippen MR) is 107 cm³/mol. The highest BCUT2D eigenvalue weighted by atomic mass is 32.2. The molecule has 1 aliphatic rings. The van der Waals surface area contributed by atoms with E-state index in [-0.39, 0.29) is 16.7 Å². The lowest BCUT2D eigenvalue weighted by Crippen LogP contribution is -2.41. The van der Waals surface area contributed by atoms with Crippen molar-refractivity contribution in [2.75, 3.05) is 18.4 Å². The Balaban J connectivity index is 1.68. The molecule has 0 aliphatic carbocycles. The van der Waals surface area contributed by atoms with E-state index in [0.717, 1.165) is 22.4 Å². The molecule has 1 N–H and O–H groups in total. The van der Waals surface area contributed by atoms with E-state index in [2.05, 4.69) is 10.5 Å². The fraction of sp³-hybridized carbons (Fsp3) is 0.500. The predicted octanol–water partition coefficient (Wildman–Crippen LogP) is 3.26. The zero-order valence-corrected chi connectivity index (χ0v) is 17.8. The number of aromatic nitrogens is 1. The molecule has 0 atom stereocenters. The molecule has 28 heavy (non-hydrogen) atoms. The van der Waals surface area contributed by atoms with Gasteiger partial charge in [0.2, 0.25) is 15.9 Å². The zero-order valence-electron chi connectivity index (χ0n) is 17.0. The lowest BCUT2D eigenvalue weighted by molar-refractivity contribution is -0.120. The number of hydrogen-bond acceptors (Lipinski definition) is 5. The van der Waals surface area contributed by atoms with Gasteiger partial charge in [0.05, 0.1) is 0 Å². The van der Waals surface area contributed by atoms with Gasteiger partial charge in [0.25, 0.3) is 0 Å². The number of piperidine rings is 1. The van der Waals surface area contributed by atoms with Crippen LogP contribution in [0.5, 0.6) is 0 Å². The molecular formula is C20H27N3O4S. The fourth-order valence-corrected chi connectivity index (χ4v) is 5.69. The van der Waals surface area contributed by atoms with Gasteiger partial charge in [-0.15, -0.1) is 0 Å². The van der Waals surface area contributed by atoms with Gasteiger partial charge in [0.15, 0.2) is 5.76 Å². The van der Waals surface area contributed by atoms with Crippen molar-refractivity contribution < 1.29 is 17.7 Å². The van der Waals surface area contributed by atoms with Crippen molar-refractivity contribution in [2.24, 2.45) is 5.92 Å². The standard InChI is InChI=1S/C20H27N3O4S/c1-12-10-13(2)18(14(3)11-12)21-20(24)17-6-8-23(9-7-17)28(25,26)19-15(4)22-27-16(19)5/h10-11,17H,6-9H2,1-5H3,(H,21,24). The number of nitrogens with zero attached hydrogens (tertiary/aromatic N) is 2. The number of anilines is 1. The van der Waals surface area contributed by atoms with Crippen LogP contribution in [0.3, 0.4) is 0 Å². The highest BCUT2D eigenvalue weighted by molar-refractivity contribution is 7.89. The normalized spacial score (nSPS) is 16.3. The van der Waals surface area contributed by atoms with Crippen molar-refractivity contribution >= 4 is 21.6 Å². The second kappa shape index (κ2) is 7.67. The van der Waals surface area contributed by atoms with E-state index in [9.17, 15) is 13.2 Å². The first-order valence-corrected chi connectivity index (χ1v) is 10.9. The summed E-state index contributed by atoms with van der Waals surface area (Å²) in [6.45, 7) is 9.81. The summed E-state index contributed by atoms with van der Waals surface area (Å²) in [5, 5.41) is 6.79. The van der Waals surface area contributed by atoms with E-state index in [1.54, 1.807) is 13.8 Å². The second-order valence-corrected chi connectivity index (χ2v) is 9.47. The van der Waals surface area contributed by atoms with Crippen molar-refractivity contribution in [3.8, 4) is 0 Å². The van der Waals surface area contributed by atoms with Crippen LogP contribution in [-0.2, 0) is 14.8 Å². The molecule has 1 aromatic heterocycles. The number of carbonyl (C=O) groups excluding carboxylic acids is 1. The lowest BCUT2D eigenvalue weighted by Gasteiger charge is -2.30. The maximum Gasteiger partial charge on any atom is 0.248 e. The van der Waals surface area contributed by atoms with E-state index >= 15 is 0 Å². The molecule has 0 bridgehead atoms. The highest BCUT2D eigenvalue weighted by Gasteiger charge is 2.35. The van der Waals surface area contributed by atoms with Crippen LogP contribution in [0.4, 0.5) is 5.69 Å². The minimum absolute atomic E-state index is 0.0514. The minimum atomic E-state index is -3.66. The third-order valence-electron chi connectivity index (χ3n) is 5.32. The average Bonchev–Trinajstić information content (AvgIpc) is 2.97. The summed E-state index contributed by atoms with van der Waals surface area (Å²) in [6, 6.07) is 4.09. The largest absolute Gasteiger partial charge is 0.360 e. The summed E-state index contributed by atoms with van der Waals surface area (Å²) < 4.78 is 32.2. The molecule has 2 aromatic rings. The minimum Gasteiger partial charge on any atom is -0.360 e. The Kier molecular flexibility index (Phi) is 5.63. The van der Waals surface area contributed by atoms with Gasteiger partial charge in [0.1, 0.15) is 10.6 Å². The van der Waals surface area contributed by atoms with Crippen molar-refractivity contribution in [2.45, 2.75) is 52.4 Å². The number of aryl methyl sites for hydroxylation is 5. The third kappa shape index (κ3) is 3.84. The van der Waals surface area contributed by atoms with Crippen molar-refractivity contribution in [3.63, 3.8) is 0 Å². The Morgan fingerprint density at radius 1 is 1.11 bits per heavy atom. The van der Waals surface area contributed by atoms with Crippen LogP contribution in [0.15, 0.2) is 21.6 Å². The number of carbonyl (C=O) groups is 1. The van der Waals surface area contributed by atoms with Crippen LogP contribution in [-0.4, -0.2) is 36.9 Å². The van der Waals surface area contributed by atoms with Gasteiger partial charge in [-0.2, -0.15) is 4.31 Å². The first-order valence-electron chi connectivity index (χ1n) is 9.43. The number of sulfonamides is 1. The second-order valence-electron chi connectivity index (χ2n) is 7.59. The van der Waals surface area contributed by atoms with Crippen LogP contribution in [0.2, 0.25) is 0 Å². The summed E-state index contributed by atoms with van der Waals surface area (Å²) in [4.78, 5) is 12.9. The van der Waals surface area contributed by atoms with Crippen LogP contribution >= 0.6 is 0 Å². The Morgan fingerprint density at radius 2 is 1.68 bits per heavy atom. The molecular weight excluding hydrogens is 378 g/mol. The van der Waals surface area contributed by atoms with Gasteiger partial charge in [0, 0.05) is 24.7 Å². The van der Waals surface area contributed by atoms with Crippen molar-refractivity contribution in [1.29, 1.82) is 0 Å². The van der Waals surface area contributed by atoms with Crippen LogP contribution < -0.4 is 5.32 Å². The van der Waals surface area contributed by atoms with Crippen LogP contribution in [0, 0.1) is 40.5 Å². The number of hydrogen-bond donors (Lipinski definition) is 1. The molecule has 1 amide bonds. The Bertz CT molecular complexity index is 960. The number of rotatable bonds is 4. The molecule has 1 aliphatic heterocycles. The van der Waals surface area contributed by atoms with Gasteiger partial charge < -0.3 is 9.84 Å². The van der Waals surface area contributed by atoms with Crippen molar-refractivity contribution in [3.05, 3.63) is 40.3 Å². The van der Waals surface area contributed by atoms with Gasteiger partial charge in [-0.3, -0.25) is 4.79 Å². The molecule has 152 valence electrons. The Morgan fingerprint density at radius 3 is 2.18 bits per heavy atom. The zero-order chi connectivity index (χ0) is 20.6. The molecule has 8 heteroatoms. The maximum atomic E-state index is 12.9. The van der Waals surface area contributed by atoms with Gasteiger partial charge >= 0.3 is 0 Å². The Labute approximate surface area is 166 Å². The van der Waals surface area contributed by atoms with E-state index in [4.69, 9.17) is 4.52 Å². The van der Waals surface area contributed by atoms with Crippen molar-refractivity contribution in [1.82, 2.24) is 9.46 Å². The van der Waals surface area contributed by atoms with E-state index < -0.39 is 10.0 Å². The molecule has 1 fully saturated rings. The molecule has 7 nitrogen and oxygen atoms in total. The van der Waals surface area contributed by atoms with E-state index in [1.165, 1.54) is 4.31 Å². The molecule has 0 radical (unpaired) electrons. The molecule has 1 aromatic carbocycles. The van der Waals surface area contributed by atoms with E-state index in [0.29, 0.717) is 37.4 Å². The molecule has 0 unspecified atom stereocenters. The molecule has 0 saturated carbocycles. The summed E-state index contributed by atoms with van der Waals surface area (Å²) in [7, 11) is -3.66. The first-order chi connectivity index (χ1) is 13.1. The summed E-state index contributed by atoms with van der Waals surface area (Å²) >= 11 is 0. The Hall–Kier alpha value is -2.19. The lowest BCUT2D eigenvalue weighted by atomic mass is 9.96. The molecule has 3 rings (SSSR count). The summed E-state index contributed by atoms with van der Waals surface area (Å²) in [5.41, 5.74) is 4.43. The smallest absolute Gasteiger partial charge is 0.248 e. The highest BCUT2D eigenvalue weighted by Crippen LogP contribution is 2.29. The number of nitrogens with one attached hydrogen (secondary N) is 1. The quantitative estimate of drug-likeness (QED) is 0.843. The monoisotopic (exact) mass is 405 g/mol. The molecule has 0 spiro atoms. The van der Waals surface area contributed by atoms with Gasteiger partial charge in [-0.1, -0.05) is 22.9 Å². The summed E-state index contributed by atoms with van der Waals surface area (Å²) in [6.07, 6.45) is 0.969. The number of benzene rings is 1. The van der Waals surface area contributed by atoms with Crippen LogP contribution in [0.1, 0.15) is 41.0 Å². The van der Waals surface area contributed by atoms with E-state index in [1.807, 2.05) is 32.9 Å². The van der Waals surface area contributed by atoms with Crippen LogP contribution in [0.25, 0.3) is 0 Å². The molecule has 1 saturated heterocycles. The van der Waals surface area contributed by atoms with Gasteiger partial charge in [-0.05, 0) is 58.6 Å². The van der Waals surface area contributed by atoms with Gasteiger partial charge in [-0.25, -0.2) is 8.42 Å². The third-order valence-corrected chi connectivity index (χ3v) is 7.46. The average molecular weight is 406 g/mol. The molecule has 2 heterocycles.